The fraction of sp³-hybridized carbons (Fsp3) is 0.0714. The van der Waals surface area contributed by atoms with Crippen molar-refractivity contribution in [1.82, 2.24) is 0 Å². The highest BCUT2D eigenvalue weighted by molar-refractivity contribution is 7.92. The molecule has 0 saturated carbocycles. The molecule has 2 N–H and O–H groups in total. The summed E-state index contributed by atoms with van der Waals surface area (Å²) in [6.07, 6.45) is 0. The maximum absolute atomic E-state index is 12.3. The lowest BCUT2D eigenvalue weighted by molar-refractivity contribution is 0.0696. The van der Waals surface area contributed by atoms with E-state index < -0.39 is 16.0 Å². The number of benzene rings is 2. The van der Waals surface area contributed by atoms with E-state index in [-0.39, 0.29) is 15.5 Å². The van der Waals surface area contributed by atoms with Gasteiger partial charge in [0.25, 0.3) is 10.0 Å². The lowest BCUT2D eigenvalue weighted by Gasteiger charge is -2.10. The summed E-state index contributed by atoms with van der Waals surface area (Å²) in [5.74, 6) is -1.22. The number of carboxylic acids is 1. The number of aromatic carboxylic acids is 1. The first-order valence-corrected chi connectivity index (χ1v) is 7.78. The summed E-state index contributed by atoms with van der Waals surface area (Å²) in [6.45, 7) is 1.83. The second-order valence-electron chi connectivity index (χ2n) is 4.43. The largest absolute Gasteiger partial charge is 0.478 e. The molecule has 0 aliphatic rings. The second-order valence-corrected chi connectivity index (χ2v) is 6.48. The molecule has 2 aromatic carbocycles. The van der Waals surface area contributed by atoms with Crippen molar-refractivity contribution >= 4 is 33.3 Å². The first-order chi connectivity index (χ1) is 9.79. The molecule has 2 aromatic rings. The summed E-state index contributed by atoms with van der Waals surface area (Å²) in [5, 5.41) is 8.89. The van der Waals surface area contributed by atoms with Crippen LogP contribution in [-0.2, 0) is 10.0 Å². The van der Waals surface area contributed by atoms with Crippen molar-refractivity contribution in [3.05, 3.63) is 58.6 Å². The second kappa shape index (κ2) is 5.75. The minimum Gasteiger partial charge on any atom is -0.478 e. The number of carbonyl (C=O) groups is 1. The highest BCUT2D eigenvalue weighted by atomic mass is 35.5. The Labute approximate surface area is 127 Å². The van der Waals surface area contributed by atoms with Gasteiger partial charge in [0.2, 0.25) is 0 Å². The van der Waals surface area contributed by atoms with Crippen molar-refractivity contribution in [3.8, 4) is 0 Å². The molecule has 5 nitrogen and oxygen atoms in total. The third-order valence-corrected chi connectivity index (χ3v) is 4.60. The molecule has 7 heteroatoms. The van der Waals surface area contributed by atoms with E-state index >= 15 is 0 Å². The van der Waals surface area contributed by atoms with Gasteiger partial charge in [-0.05, 0) is 42.8 Å². The van der Waals surface area contributed by atoms with Gasteiger partial charge in [-0.25, -0.2) is 13.2 Å². The summed E-state index contributed by atoms with van der Waals surface area (Å²) >= 11 is 5.87. The molecule has 0 saturated heterocycles. The maximum Gasteiger partial charge on any atom is 0.335 e. The highest BCUT2D eigenvalue weighted by Crippen LogP contribution is 2.25. The lowest BCUT2D eigenvalue weighted by atomic mass is 10.2. The third kappa shape index (κ3) is 3.53. The Morgan fingerprint density at radius 1 is 1.19 bits per heavy atom. The average Bonchev–Trinajstić information content (AvgIpc) is 2.38. The Hall–Kier alpha value is -2.05. The van der Waals surface area contributed by atoms with Crippen molar-refractivity contribution < 1.29 is 18.3 Å². The van der Waals surface area contributed by atoms with E-state index in [0.29, 0.717) is 5.69 Å². The number of halogens is 1. The van der Waals surface area contributed by atoms with Crippen molar-refractivity contribution in [1.29, 1.82) is 0 Å². The molecule has 110 valence electrons. The topological polar surface area (TPSA) is 83.5 Å². The summed E-state index contributed by atoms with van der Waals surface area (Å²) in [4.78, 5) is 10.7. The van der Waals surface area contributed by atoms with Crippen LogP contribution in [0.25, 0.3) is 0 Å². The Balaban J connectivity index is 2.44. The van der Waals surface area contributed by atoms with Crippen molar-refractivity contribution in [2.24, 2.45) is 0 Å². The minimum absolute atomic E-state index is 0.0415. The molecular formula is C14H12ClNO4S. The van der Waals surface area contributed by atoms with E-state index in [2.05, 4.69) is 4.72 Å². The van der Waals surface area contributed by atoms with Crippen LogP contribution in [0.3, 0.4) is 0 Å². The molecular weight excluding hydrogens is 314 g/mol. The number of aryl methyl sites for hydroxylation is 1. The van der Waals surface area contributed by atoms with Gasteiger partial charge in [-0.3, -0.25) is 4.72 Å². The third-order valence-electron chi connectivity index (χ3n) is 2.74. The fourth-order valence-corrected chi connectivity index (χ4v) is 3.34. The number of sulfonamides is 1. The lowest BCUT2D eigenvalue weighted by Crippen LogP contribution is -2.14. The number of rotatable bonds is 4. The van der Waals surface area contributed by atoms with Crippen LogP contribution in [0.5, 0.6) is 0 Å². The summed E-state index contributed by atoms with van der Waals surface area (Å²) in [5.41, 5.74) is 1.12. The predicted molar refractivity (Wildman–Crippen MR) is 80.4 cm³/mol. The first-order valence-electron chi connectivity index (χ1n) is 5.92. The van der Waals surface area contributed by atoms with E-state index in [0.717, 1.165) is 11.6 Å². The van der Waals surface area contributed by atoms with Gasteiger partial charge in [0, 0.05) is 5.69 Å². The van der Waals surface area contributed by atoms with Crippen LogP contribution in [0.2, 0.25) is 5.02 Å². The number of hydrogen-bond donors (Lipinski definition) is 2. The molecule has 0 heterocycles. The average molecular weight is 326 g/mol. The van der Waals surface area contributed by atoms with Gasteiger partial charge in [0.1, 0.15) is 4.90 Å². The van der Waals surface area contributed by atoms with Crippen LogP contribution >= 0.6 is 11.6 Å². The normalized spacial score (nSPS) is 11.1. The van der Waals surface area contributed by atoms with Gasteiger partial charge in [-0.15, -0.1) is 0 Å². The molecule has 0 fully saturated rings. The van der Waals surface area contributed by atoms with Gasteiger partial charge in [0.15, 0.2) is 0 Å². The molecule has 0 aliphatic carbocycles. The number of carboxylic acid groups (broad SMARTS) is 1. The number of nitrogens with one attached hydrogen (secondary N) is 1. The van der Waals surface area contributed by atoms with Gasteiger partial charge >= 0.3 is 5.97 Å². The zero-order valence-electron chi connectivity index (χ0n) is 11.0. The quantitative estimate of drug-likeness (QED) is 0.904. The van der Waals surface area contributed by atoms with Crippen molar-refractivity contribution in [3.63, 3.8) is 0 Å². The molecule has 2 rings (SSSR count). The zero-order valence-corrected chi connectivity index (χ0v) is 12.6. The standard InChI is InChI=1S/C14H12ClNO4S/c1-9-3-2-4-11(7-9)16-21(19,20)13-8-10(14(17)18)5-6-12(13)15/h2-8,16H,1H3,(H,17,18). The molecule has 0 radical (unpaired) electrons. The molecule has 0 aliphatic heterocycles. The van der Waals surface area contributed by atoms with Gasteiger partial charge in [-0.1, -0.05) is 23.7 Å². The highest BCUT2D eigenvalue weighted by Gasteiger charge is 2.20. The summed E-state index contributed by atoms with van der Waals surface area (Å²) in [6, 6.07) is 10.3. The van der Waals surface area contributed by atoms with Gasteiger partial charge in [-0.2, -0.15) is 0 Å². The number of hydrogen-bond acceptors (Lipinski definition) is 3. The van der Waals surface area contributed by atoms with E-state index in [4.69, 9.17) is 16.7 Å². The first kappa shape index (κ1) is 15.3. The van der Waals surface area contributed by atoms with Crippen LogP contribution in [0.15, 0.2) is 47.4 Å². The smallest absolute Gasteiger partial charge is 0.335 e. The van der Waals surface area contributed by atoms with Gasteiger partial charge in [0.05, 0.1) is 10.6 Å². The SMILES string of the molecule is Cc1cccc(NS(=O)(=O)c2cc(C(=O)O)ccc2Cl)c1. The Morgan fingerprint density at radius 2 is 1.90 bits per heavy atom. The van der Waals surface area contributed by atoms with Crippen molar-refractivity contribution in [2.75, 3.05) is 4.72 Å². The fourth-order valence-electron chi connectivity index (χ4n) is 1.76. The summed E-state index contributed by atoms with van der Waals surface area (Å²) < 4.78 is 27.0. The number of anilines is 1. The van der Waals surface area contributed by atoms with Crippen LogP contribution in [0, 0.1) is 6.92 Å². The molecule has 0 amide bonds. The zero-order chi connectivity index (χ0) is 15.6. The van der Waals surface area contributed by atoms with Crippen LogP contribution in [0.1, 0.15) is 15.9 Å². The molecule has 0 unspecified atom stereocenters. The van der Waals surface area contributed by atoms with E-state index in [1.807, 2.05) is 13.0 Å². The Morgan fingerprint density at radius 3 is 2.52 bits per heavy atom. The molecule has 0 aromatic heterocycles. The van der Waals surface area contributed by atoms with E-state index in [9.17, 15) is 13.2 Å². The van der Waals surface area contributed by atoms with E-state index in [1.54, 1.807) is 18.2 Å². The molecule has 0 bridgehead atoms. The monoisotopic (exact) mass is 325 g/mol. The molecule has 21 heavy (non-hydrogen) atoms. The Bertz CT molecular complexity index is 802. The summed E-state index contributed by atoms with van der Waals surface area (Å²) in [7, 11) is -3.96. The minimum atomic E-state index is -3.96. The molecule has 0 spiro atoms. The Kier molecular flexibility index (Phi) is 4.20. The predicted octanol–water partition coefficient (Wildman–Crippen LogP) is 3.15. The molecule has 0 atom stereocenters. The van der Waals surface area contributed by atoms with Crippen molar-refractivity contribution in [2.45, 2.75) is 11.8 Å². The maximum atomic E-state index is 12.3. The van der Waals surface area contributed by atoms with Gasteiger partial charge < -0.3 is 5.11 Å². The van der Waals surface area contributed by atoms with E-state index in [1.165, 1.54) is 12.1 Å². The van der Waals surface area contributed by atoms with Crippen LogP contribution in [0.4, 0.5) is 5.69 Å². The van der Waals surface area contributed by atoms with Crippen LogP contribution < -0.4 is 4.72 Å². The van der Waals surface area contributed by atoms with Crippen LogP contribution in [-0.4, -0.2) is 19.5 Å².